The number of rotatable bonds is 4. The number of pyridine rings is 1. The number of imidazole rings is 1. The molecule has 118 valence electrons. The van der Waals surface area contributed by atoms with E-state index in [2.05, 4.69) is 4.98 Å². The molecule has 0 radical (unpaired) electrons. The molecule has 2 heterocycles. The SMILES string of the molecule is Cc1cc(-c2nc3ccc(Cl)cn3c2CCC(=O)O)ccc1Cl. The van der Waals surface area contributed by atoms with Gasteiger partial charge in [-0.15, -0.1) is 0 Å². The summed E-state index contributed by atoms with van der Waals surface area (Å²) in [4.78, 5) is 15.6. The highest BCUT2D eigenvalue weighted by molar-refractivity contribution is 6.31. The minimum absolute atomic E-state index is 0.0277. The molecule has 0 amide bonds. The van der Waals surface area contributed by atoms with Gasteiger partial charge in [0.1, 0.15) is 5.65 Å². The Kier molecular flexibility index (Phi) is 4.28. The van der Waals surface area contributed by atoms with Gasteiger partial charge in [-0.1, -0.05) is 29.3 Å². The first kappa shape index (κ1) is 15.8. The monoisotopic (exact) mass is 348 g/mol. The molecule has 23 heavy (non-hydrogen) atoms. The lowest BCUT2D eigenvalue weighted by molar-refractivity contribution is -0.136. The molecule has 0 atom stereocenters. The first-order chi connectivity index (χ1) is 11.0. The second-order valence-electron chi connectivity index (χ2n) is 5.34. The van der Waals surface area contributed by atoms with Crippen molar-refractivity contribution in [2.45, 2.75) is 19.8 Å². The summed E-state index contributed by atoms with van der Waals surface area (Å²) in [5.74, 6) is -0.847. The lowest BCUT2D eigenvalue weighted by Crippen LogP contribution is -2.01. The lowest BCUT2D eigenvalue weighted by Gasteiger charge is -2.06. The van der Waals surface area contributed by atoms with Crippen LogP contribution in [0.15, 0.2) is 36.5 Å². The Morgan fingerprint density at radius 1 is 1.26 bits per heavy atom. The fourth-order valence-electron chi connectivity index (χ4n) is 2.55. The average molecular weight is 349 g/mol. The van der Waals surface area contributed by atoms with Gasteiger partial charge in [-0.3, -0.25) is 4.79 Å². The molecule has 1 N–H and O–H groups in total. The summed E-state index contributed by atoms with van der Waals surface area (Å²) in [5, 5.41) is 10.3. The molecule has 0 saturated heterocycles. The predicted molar refractivity (Wildman–Crippen MR) is 91.3 cm³/mol. The van der Waals surface area contributed by atoms with Crippen LogP contribution in [-0.4, -0.2) is 20.5 Å². The van der Waals surface area contributed by atoms with Gasteiger partial charge in [0.25, 0.3) is 0 Å². The van der Waals surface area contributed by atoms with Gasteiger partial charge in [0.05, 0.1) is 22.8 Å². The maximum atomic E-state index is 11.0. The first-order valence-corrected chi connectivity index (χ1v) is 7.86. The third kappa shape index (κ3) is 3.19. The molecule has 0 saturated carbocycles. The van der Waals surface area contributed by atoms with Gasteiger partial charge in [0.2, 0.25) is 0 Å². The number of nitrogens with zero attached hydrogens (tertiary/aromatic N) is 2. The molecule has 0 aliphatic carbocycles. The summed E-state index contributed by atoms with van der Waals surface area (Å²) >= 11 is 12.2. The van der Waals surface area contributed by atoms with Crippen LogP contribution in [0.5, 0.6) is 0 Å². The number of hydrogen-bond acceptors (Lipinski definition) is 2. The van der Waals surface area contributed by atoms with Crippen LogP contribution in [0.25, 0.3) is 16.9 Å². The van der Waals surface area contributed by atoms with E-state index in [1.807, 2.05) is 35.6 Å². The van der Waals surface area contributed by atoms with E-state index in [0.717, 1.165) is 28.2 Å². The van der Waals surface area contributed by atoms with Gasteiger partial charge < -0.3 is 9.51 Å². The van der Waals surface area contributed by atoms with Crippen LogP contribution in [0.3, 0.4) is 0 Å². The molecule has 2 aromatic heterocycles. The van der Waals surface area contributed by atoms with E-state index in [-0.39, 0.29) is 6.42 Å². The third-order valence-electron chi connectivity index (χ3n) is 3.69. The number of carboxylic acid groups (broad SMARTS) is 1. The number of carbonyl (C=O) groups is 1. The predicted octanol–water partition coefficient (Wildman–Crippen LogP) is 4.63. The van der Waals surface area contributed by atoms with Crippen molar-refractivity contribution in [2.24, 2.45) is 0 Å². The number of halogens is 2. The van der Waals surface area contributed by atoms with Crippen molar-refractivity contribution in [3.8, 4) is 11.3 Å². The summed E-state index contributed by atoms with van der Waals surface area (Å²) < 4.78 is 1.85. The summed E-state index contributed by atoms with van der Waals surface area (Å²) in [5.41, 5.74) is 4.17. The number of hydrogen-bond donors (Lipinski definition) is 1. The van der Waals surface area contributed by atoms with Crippen LogP contribution < -0.4 is 0 Å². The summed E-state index contributed by atoms with van der Waals surface area (Å²) in [6.45, 7) is 1.93. The van der Waals surface area contributed by atoms with Gasteiger partial charge >= 0.3 is 5.97 Å². The molecule has 0 fully saturated rings. The number of aryl methyl sites for hydroxylation is 2. The van der Waals surface area contributed by atoms with Gasteiger partial charge in [-0.05, 0) is 36.8 Å². The van der Waals surface area contributed by atoms with Gasteiger partial charge in [0.15, 0.2) is 0 Å². The smallest absolute Gasteiger partial charge is 0.303 e. The maximum absolute atomic E-state index is 11.0. The fraction of sp³-hybridized carbons (Fsp3) is 0.176. The van der Waals surface area contributed by atoms with Crippen molar-refractivity contribution in [1.82, 2.24) is 9.38 Å². The number of carboxylic acids is 1. The second-order valence-corrected chi connectivity index (χ2v) is 6.18. The van der Waals surface area contributed by atoms with Crippen LogP contribution in [0.4, 0.5) is 0 Å². The molecule has 0 spiro atoms. The highest BCUT2D eigenvalue weighted by atomic mass is 35.5. The normalized spacial score (nSPS) is 11.1. The van der Waals surface area contributed by atoms with E-state index in [1.165, 1.54) is 0 Å². The van der Waals surface area contributed by atoms with E-state index in [1.54, 1.807) is 12.3 Å². The summed E-state index contributed by atoms with van der Waals surface area (Å²) in [6.07, 6.45) is 2.15. The van der Waals surface area contributed by atoms with E-state index in [4.69, 9.17) is 28.3 Å². The van der Waals surface area contributed by atoms with Crippen molar-refractivity contribution in [2.75, 3.05) is 0 Å². The van der Waals surface area contributed by atoms with E-state index < -0.39 is 5.97 Å². The van der Waals surface area contributed by atoms with Crippen LogP contribution in [-0.2, 0) is 11.2 Å². The molecule has 6 heteroatoms. The van der Waals surface area contributed by atoms with Crippen molar-refractivity contribution in [3.05, 3.63) is 57.8 Å². The van der Waals surface area contributed by atoms with Gasteiger partial charge in [-0.2, -0.15) is 0 Å². The second kappa shape index (κ2) is 6.22. The Balaban J connectivity index is 2.19. The lowest BCUT2D eigenvalue weighted by atomic mass is 10.1. The topological polar surface area (TPSA) is 54.6 Å². The minimum atomic E-state index is -0.847. The van der Waals surface area contributed by atoms with Crippen LogP contribution >= 0.6 is 23.2 Å². The van der Waals surface area contributed by atoms with Crippen molar-refractivity contribution in [1.29, 1.82) is 0 Å². The van der Waals surface area contributed by atoms with E-state index in [9.17, 15) is 4.79 Å². The number of aromatic nitrogens is 2. The zero-order chi connectivity index (χ0) is 16.6. The Bertz CT molecular complexity index is 903. The fourth-order valence-corrected chi connectivity index (χ4v) is 2.83. The summed E-state index contributed by atoms with van der Waals surface area (Å²) in [7, 11) is 0. The Morgan fingerprint density at radius 3 is 2.74 bits per heavy atom. The highest BCUT2D eigenvalue weighted by Gasteiger charge is 2.16. The third-order valence-corrected chi connectivity index (χ3v) is 4.34. The molecule has 1 aromatic carbocycles. The molecule has 3 rings (SSSR count). The largest absolute Gasteiger partial charge is 0.481 e. The van der Waals surface area contributed by atoms with Crippen LogP contribution in [0, 0.1) is 6.92 Å². The molecular formula is C17H14Cl2N2O2. The van der Waals surface area contributed by atoms with Gasteiger partial charge in [0, 0.05) is 23.2 Å². The molecule has 0 aliphatic rings. The highest BCUT2D eigenvalue weighted by Crippen LogP contribution is 2.29. The standard InChI is InChI=1S/C17H14Cl2N2O2/c1-10-8-11(2-4-13(10)19)17-14(5-7-16(22)23)21-9-12(18)3-6-15(21)20-17/h2-4,6,8-9H,5,7H2,1H3,(H,22,23). The van der Waals surface area contributed by atoms with E-state index in [0.29, 0.717) is 16.5 Å². The van der Waals surface area contributed by atoms with Gasteiger partial charge in [-0.25, -0.2) is 4.98 Å². The quantitative estimate of drug-likeness (QED) is 0.747. The minimum Gasteiger partial charge on any atom is -0.481 e. The molecule has 0 bridgehead atoms. The number of benzene rings is 1. The van der Waals surface area contributed by atoms with Crippen molar-refractivity contribution >= 4 is 34.8 Å². The molecule has 0 aliphatic heterocycles. The molecule has 3 aromatic rings. The number of aliphatic carboxylic acids is 1. The van der Waals surface area contributed by atoms with Crippen molar-refractivity contribution < 1.29 is 9.90 Å². The Labute approximate surface area is 143 Å². The Morgan fingerprint density at radius 2 is 2.04 bits per heavy atom. The first-order valence-electron chi connectivity index (χ1n) is 7.10. The molecule has 0 unspecified atom stereocenters. The average Bonchev–Trinajstić information content (AvgIpc) is 2.85. The molecular weight excluding hydrogens is 335 g/mol. The zero-order valence-corrected chi connectivity index (χ0v) is 13.9. The van der Waals surface area contributed by atoms with Crippen molar-refractivity contribution in [3.63, 3.8) is 0 Å². The van der Waals surface area contributed by atoms with Crippen LogP contribution in [0.2, 0.25) is 10.0 Å². The summed E-state index contributed by atoms with van der Waals surface area (Å²) in [6, 6.07) is 9.25. The zero-order valence-electron chi connectivity index (χ0n) is 12.4. The maximum Gasteiger partial charge on any atom is 0.303 e. The van der Waals surface area contributed by atoms with E-state index >= 15 is 0 Å². The Hall–Kier alpha value is -2.04. The molecule has 4 nitrogen and oxygen atoms in total. The number of fused-ring (bicyclic) bond motifs is 1. The van der Waals surface area contributed by atoms with Crippen LogP contribution in [0.1, 0.15) is 17.7 Å².